The van der Waals surface area contributed by atoms with Gasteiger partial charge in [-0.25, -0.2) is 8.78 Å². The number of halogens is 2. The van der Waals surface area contributed by atoms with Crippen LogP contribution in [0.25, 0.3) is 0 Å². The first-order valence-corrected chi connectivity index (χ1v) is 6.74. The van der Waals surface area contributed by atoms with E-state index in [1.54, 1.807) is 12.1 Å². The highest BCUT2D eigenvalue weighted by Crippen LogP contribution is 2.27. The molecular weight excluding hydrogens is 246 g/mol. The van der Waals surface area contributed by atoms with E-state index in [1.165, 1.54) is 25.0 Å². The maximum atomic E-state index is 12.7. The molecule has 0 N–H and O–H groups in total. The van der Waals surface area contributed by atoms with Crippen LogP contribution in [-0.4, -0.2) is 18.0 Å². The lowest BCUT2D eigenvalue weighted by Crippen LogP contribution is -2.29. The summed E-state index contributed by atoms with van der Waals surface area (Å²) in [5.74, 6) is 0. The second-order valence-electron chi connectivity index (χ2n) is 4.95. The Morgan fingerprint density at radius 2 is 1.68 bits per heavy atom. The quantitative estimate of drug-likeness (QED) is 0.823. The van der Waals surface area contributed by atoms with Gasteiger partial charge in [-0.1, -0.05) is 31.0 Å². The zero-order valence-corrected chi connectivity index (χ0v) is 10.9. The number of nitriles is 1. The highest BCUT2D eigenvalue weighted by atomic mass is 19.3. The summed E-state index contributed by atoms with van der Waals surface area (Å²) in [5.41, 5.74) is 0.676. The highest BCUT2D eigenvalue weighted by molar-refractivity contribution is 5.30. The Kier molecular flexibility index (Phi) is 4.86. The van der Waals surface area contributed by atoms with Crippen LogP contribution in [0.3, 0.4) is 0 Å². The zero-order valence-electron chi connectivity index (χ0n) is 10.9. The predicted molar refractivity (Wildman–Crippen MR) is 69.8 cm³/mol. The molecule has 0 saturated carbocycles. The van der Waals surface area contributed by atoms with Crippen LogP contribution in [0.15, 0.2) is 24.3 Å². The van der Waals surface area contributed by atoms with E-state index < -0.39 is 12.5 Å². The van der Waals surface area contributed by atoms with Gasteiger partial charge in [0.05, 0.1) is 6.07 Å². The Morgan fingerprint density at radius 1 is 1.05 bits per heavy atom. The van der Waals surface area contributed by atoms with Crippen LogP contribution in [0.4, 0.5) is 8.78 Å². The summed E-state index contributed by atoms with van der Waals surface area (Å²) in [6.07, 6.45) is 2.04. The minimum atomic E-state index is -2.48. The monoisotopic (exact) mass is 264 g/mol. The summed E-state index contributed by atoms with van der Waals surface area (Å²) < 4.78 is 25.5. The molecule has 4 heteroatoms. The molecule has 1 heterocycles. The Morgan fingerprint density at radius 3 is 2.26 bits per heavy atom. The fourth-order valence-corrected chi connectivity index (χ4v) is 2.59. The van der Waals surface area contributed by atoms with E-state index in [-0.39, 0.29) is 5.56 Å². The second kappa shape index (κ2) is 6.63. The molecule has 1 aliphatic heterocycles. The molecule has 1 atom stereocenters. The van der Waals surface area contributed by atoms with Crippen molar-refractivity contribution < 1.29 is 8.78 Å². The molecule has 2 nitrogen and oxygen atoms in total. The molecule has 0 bridgehead atoms. The van der Waals surface area contributed by atoms with Crippen molar-refractivity contribution in [3.8, 4) is 6.07 Å². The maximum absolute atomic E-state index is 12.7. The molecule has 0 aromatic heterocycles. The molecule has 2 rings (SSSR count). The standard InChI is InChI=1S/C15H18F2N2/c16-15(17)13-7-5-6-12(10-13)14(11-18)19-8-3-1-2-4-9-19/h5-7,10,14-15H,1-4,8-9H2. The number of nitrogens with zero attached hydrogens (tertiary/aromatic N) is 2. The molecule has 1 aromatic rings. The topological polar surface area (TPSA) is 27.0 Å². The smallest absolute Gasteiger partial charge is 0.263 e. The molecule has 1 unspecified atom stereocenters. The minimum absolute atomic E-state index is 0.00688. The van der Waals surface area contributed by atoms with Gasteiger partial charge in [0.25, 0.3) is 6.43 Å². The van der Waals surface area contributed by atoms with Crippen LogP contribution in [0, 0.1) is 11.3 Å². The second-order valence-corrected chi connectivity index (χ2v) is 4.95. The van der Waals surface area contributed by atoms with Crippen LogP contribution in [0.5, 0.6) is 0 Å². The summed E-state index contributed by atoms with van der Waals surface area (Å²) in [5, 5.41) is 9.37. The summed E-state index contributed by atoms with van der Waals surface area (Å²) in [7, 11) is 0. The third-order valence-electron chi connectivity index (χ3n) is 3.61. The van der Waals surface area contributed by atoms with Gasteiger partial charge < -0.3 is 0 Å². The first-order chi connectivity index (χ1) is 9.22. The molecule has 19 heavy (non-hydrogen) atoms. The van der Waals surface area contributed by atoms with Gasteiger partial charge >= 0.3 is 0 Å². The Hall–Kier alpha value is -1.47. The normalized spacial score (nSPS) is 18.8. The van der Waals surface area contributed by atoms with Crippen molar-refractivity contribution >= 4 is 0 Å². The molecule has 1 aliphatic rings. The number of rotatable bonds is 3. The lowest BCUT2D eigenvalue weighted by molar-refractivity contribution is 0.151. The van der Waals surface area contributed by atoms with E-state index in [0.29, 0.717) is 5.56 Å². The van der Waals surface area contributed by atoms with E-state index in [0.717, 1.165) is 25.9 Å². The Balaban J connectivity index is 2.21. The summed E-state index contributed by atoms with van der Waals surface area (Å²) >= 11 is 0. The number of alkyl halides is 2. The van der Waals surface area contributed by atoms with Gasteiger partial charge in [-0.2, -0.15) is 5.26 Å². The van der Waals surface area contributed by atoms with E-state index >= 15 is 0 Å². The van der Waals surface area contributed by atoms with E-state index in [1.807, 2.05) is 0 Å². The van der Waals surface area contributed by atoms with Gasteiger partial charge in [-0.05, 0) is 37.6 Å². The Labute approximate surface area is 112 Å². The molecule has 1 aromatic carbocycles. The largest absolute Gasteiger partial charge is 0.284 e. The molecule has 1 saturated heterocycles. The third kappa shape index (κ3) is 3.51. The number of hydrogen-bond donors (Lipinski definition) is 0. The first-order valence-electron chi connectivity index (χ1n) is 6.74. The van der Waals surface area contributed by atoms with Crippen molar-refractivity contribution in [1.29, 1.82) is 5.26 Å². The van der Waals surface area contributed by atoms with Crippen LogP contribution in [0.1, 0.15) is 49.3 Å². The van der Waals surface area contributed by atoms with Gasteiger partial charge in [-0.15, -0.1) is 0 Å². The van der Waals surface area contributed by atoms with Gasteiger partial charge in [0.15, 0.2) is 0 Å². The van der Waals surface area contributed by atoms with Crippen LogP contribution < -0.4 is 0 Å². The minimum Gasteiger partial charge on any atom is -0.284 e. The van der Waals surface area contributed by atoms with Gasteiger partial charge in [-0.3, -0.25) is 4.90 Å². The van der Waals surface area contributed by atoms with Gasteiger partial charge in [0.1, 0.15) is 6.04 Å². The number of benzene rings is 1. The fourth-order valence-electron chi connectivity index (χ4n) is 2.59. The van der Waals surface area contributed by atoms with Gasteiger partial charge in [0, 0.05) is 5.56 Å². The van der Waals surface area contributed by atoms with Crippen LogP contribution >= 0.6 is 0 Å². The highest BCUT2D eigenvalue weighted by Gasteiger charge is 2.22. The van der Waals surface area contributed by atoms with Crippen LogP contribution in [0.2, 0.25) is 0 Å². The Bertz CT molecular complexity index is 446. The van der Waals surface area contributed by atoms with Crippen molar-refractivity contribution in [1.82, 2.24) is 4.90 Å². The SMILES string of the molecule is N#CC(c1cccc(C(F)F)c1)N1CCCCCC1. The molecule has 1 fully saturated rings. The zero-order chi connectivity index (χ0) is 13.7. The van der Waals surface area contributed by atoms with Crippen molar-refractivity contribution in [2.45, 2.75) is 38.2 Å². The van der Waals surface area contributed by atoms with E-state index in [9.17, 15) is 14.0 Å². The average molecular weight is 264 g/mol. The lowest BCUT2D eigenvalue weighted by Gasteiger charge is -2.25. The number of hydrogen-bond acceptors (Lipinski definition) is 2. The van der Waals surface area contributed by atoms with E-state index in [4.69, 9.17) is 0 Å². The molecule has 102 valence electrons. The summed E-state index contributed by atoms with van der Waals surface area (Å²) in [6, 6.07) is 8.11. The third-order valence-corrected chi connectivity index (χ3v) is 3.61. The maximum Gasteiger partial charge on any atom is 0.263 e. The van der Waals surface area contributed by atoms with Crippen molar-refractivity contribution in [2.24, 2.45) is 0 Å². The molecular formula is C15H18F2N2. The van der Waals surface area contributed by atoms with Crippen molar-refractivity contribution in [3.63, 3.8) is 0 Å². The van der Waals surface area contributed by atoms with E-state index in [2.05, 4.69) is 11.0 Å². The van der Waals surface area contributed by atoms with Crippen molar-refractivity contribution in [3.05, 3.63) is 35.4 Å². The average Bonchev–Trinajstić information content (AvgIpc) is 2.69. The molecule has 0 radical (unpaired) electrons. The fraction of sp³-hybridized carbons (Fsp3) is 0.533. The van der Waals surface area contributed by atoms with Gasteiger partial charge in [0.2, 0.25) is 0 Å². The first kappa shape index (κ1) is 14.0. The molecule has 0 spiro atoms. The summed E-state index contributed by atoms with van der Waals surface area (Å²) in [4.78, 5) is 2.11. The molecule has 0 aliphatic carbocycles. The molecule has 0 amide bonds. The summed E-state index contributed by atoms with van der Waals surface area (Å²) in [6.45, 7) is 1.74. The number of likely N-dealkylation sites (tertiary alicyclic amines) is 1. The lowest BCUT2D eigenvalue weighted by atomic mass is 10.0. The predicted octanol–water partition coefficient (Wildman–Crippen LogP) is 4.06. The van der Waals surface area contributed by atoms with Crippen LogP contribution in [-0.2, 0) is 0 Å². The van der Waals surface area contributed by atoms with Crippen molar-refractivity contribution in [2.75, 3.05) is 13.1 Å².